The normalized spacial score (nSPS) is 8.35. The van der Waals surface area contributed by atoms with E-state index in [1.807, 2.05) is 53.7 Å². The van der Waals surface area contributed by atoms with Crippen molar-refractivity contribution < 1.29 is 26.2 Å². The fourth-order valence-electron chi connectivity index (χ4n) is 1.17. The Kier molecular flexibility index (Phi) is 23.0. The summed E-state index contributed by atoms with van der Waals surface area (Å²) in [5.74, 6) is 0. The molecule has 0 saturated carbocycles. The van der Waals surface area contributed by atoms with Crippen LogP contribution in [0.25, 0.3) is 10.6 Å². The van der Waals surface area contributed by atoms with Gasteiger partial charge in [0.05, 0.1) is 0 Å². The molecule has 2 rings (SSSR count). The van der Waals surface area contributed by atoms with Crippen molar-refractivity contribution in [1.29, 1.82) is 0 Å². The predicted molar refractivity (Wildman–Crippen MR) is 97.9 cm³/mol. The first-order valence-electron chi connectivity index (χ1n) is 7.60. The molecule has 2 heterocycles. The quantitative estimate of drug-likeness (QED) is 0.681. The van der Waals surface area contributed by atoms with Crippen LogP contribution >= 0.6 is 0 Å². The van der Waals surface area contributed by atoms with E-state index in [0.717, 1.165) is 24.5 Å². The predicted octanol–water partition coefficient (Wildman–Crippen LogP) is 4.88. The van der Waals surface area contributed by atoms with Gasteiger partial charge in [-0.1, -0.05) is 39.1 Å². The molecule has 128 valence electrons. The first-order chi connectivity index (χ1) is 10.4. The van der Waals surface area contributed by atoms with E-state index in [2.05, 4.69) is 32.7 Å². The van der Waals surface area contributed by atoms with Crippen LogP contribution in [0.3, 0.4) is 0 Å². The van der Waals surface area contributed by atoms with Crippen LogP contribution in [-0.4, -0.2) is 37.2 Å². The monoisotopic (exact) mass is 394 g/mol. The Balaban J connectivity index is -0.000000238. The largest absolute Gasteiger partial charge is 4.00 e. The summed E-state index contributed by atoms with van der Waals surface area (Å²) in [6, 6.07) is 9.91. The van der Waals surface area contributed by atoms with Gasteiger partial charge < -0.3 is 20.6 Å². The molecule has 0 saturated heterocycles. The van der Waals surface area contributed by atoms with Crippen molar-refractivity contribution in [3.05, 3.63) is 57.7 Å². The number of rotatable bonds is 2. The molecule has 2 N–H and O–H groups in total. The van der Waals surface area contributed by atoms with E-state index in [9.17, 15) is 0 Å². The van der Waals surface area contributed by atoms with E-state index < -0.39 is 0 Å². The van der Waals surface area contributed by atoms with Crippen molar-refractivity contribution in [2.24, 2.45) is 0 Å². The van der Waals surface area contributed by atoms with Crippen molar-refractivity contribution >= 4 is 0 Å². The third-order valence-electron chi connectivity index (χ3n) is 2.41. The number of nitrogens with one attached hydrogen (secondary N) is 2. The average Bonchev–Trinajstić information content (AvgIpc) is 3.07. The van der Waals surface area contributed by atoms with E-state index in [1.54, 1.807) is 14.1 Å². The molecule has 2 aromatic rings. The number of aromatic amines is 2. The molecule has 4 nitrogen and oxygen atoms in total. The molecule has 0 fully saturated rings. The van der Waals surface area contributed by atoms with Crippen molar-refractivity contribution in [2.45, 2.75) is 41.5 Å². The Morgan fingerprint density at radius 3 is 1.09 bits per heavy atom. The molecule has 0 aromatic carbocycles. The summed E-state index contributed by atoms with van der Waals surface area (Å²) in [5.41, 5.74) is 4.57. The molecule has 23 heavy (non-hydrogen) atoms. The second kappa shape index (κ2) is 19.4. The van der Waals surface area contributed by atoms with Gasteiger partial charge in [-0.2, -0.15) is 27.2 Å². The van der Waals surface area contributed by atoms with Crippen molar-refractivity contribution in [1.82, 2.24) is 9.97 Å². The minimum Gasteiger partial charge on any atom is -0.665 e. The van der Waals surface area contributed by atoms with Crippen LogP contribution in [0.1, 0.15) is 36.6 Å². The molecular formula is C18H32N4Zr. The molecule has 2 aromatic heterocycles. The van der Waals surface area contributed by atoms with Crippen LogP contribution < -0.4 is 0 Å². The average molecular weight is 396 g/mol. The van der Waals surface area contributed by atoms with Gasteiger partial charge in [0.25, 0.3) is 0 Å². The van der Waals surface area contributed by atoms with E-state index in [4.69, 9.17) is 0 Å². The van der Waals surface area contributed by atoms with Crippen molar-refractivity contribution in [3.8, 4) is 0 Å². The summed E-state index contributed by atoms with van der Waals surface area (Å²) < 4.78 is 0. The molecule has 0 spiro atoms. The molecule has 0 amide bonds. The maximum absolute atomic E-state index is 3.74. The Bertz CT molecular complexity index is 370. The Hall–Kier alpha value is -0.637. The first kappa shape index (κ1) is 27.2. The molecule has 0 bridgehead atoms. The summed E-state index contributed by atoms with van der Waals surface area (Å²) in [4.78, 5) is 6.17. The van der Waals surface area contributed by atoms with Crippen LogP contribution in [-0.2, 0) is 26.2 Å². The van der Waals surface area contributed by atoms with Gasteiger partial charge >= 0.3 is 26.2 Å². The summed E-state index contributed by atoms with van der Waals surface area (Å²) in [6.07, 6.45) is 0. The van der Waals surface area contributed by atoms with Crippen molar-refractivity contribution in [3.63, 3.8) is 0 Å². The number of hydrogen-bond acceptors (Lipinski definition) is 0. The second-order valence-electron chi connectivity index (χ2n) is 4.71. The molecule has 0 unspecified atom stereocenters. The van der Waals surface area contributed by atoms with Gasteiger partial charge in [-0.15, -0.1) is 11.4 Å². The van der Waals surface area contributed by atoms with Crippen LogP contribution in [0.4, 0.5) is 0 Å². The molecule has 0 aliphatic carbocycles. The van der Waals surface area contributed by atoms with Crippen molar-refractivity contribution in [2.75, 3.05) is 27.2 Å². The molecule has 0 aliphatic heterocycles. The Morgan fingerprint density at radius 2 is 1.04 bits per heavy atom. The maximum Gasteiger partial charge on any atom is 4.00 e. The maximum atomic E-state index is 3.74. The van der Waals surface area contributed by atoms with Gasteiger partial charge in [0.15, 0.2) is 0 Å². The SMILES string of the molecule is CC[N-]C.CC[N-]C.Cc1[c-]cc(C)[nH]1.Cc1[c-]cc(C)[nH]1.[Zr+4]. The molecular weight excluding hydrogens is 363 g/mol. The number of aryl methyl sites for hydroxylation is 4. The van der Waals surface area contributed by atoms with Gasteiger partial charge in [0.1, 0.15) is 0 Å². The fourth-order valence-corrected chi connectivity index (χ4v) is 1.17. The standard InChI is InChI=1S/2C6H8N.2C3H8N.Zr/c2*1-5-3-4-6(2)7-5;2*1-3-4-2;/h2*3,7H,1-2H3;2*3H2,1-2H3;/q4*-1;+4. The zero-order valence-corrected chi connectivity index (χ0v) is 18.4. The van der Waals surface area contributed by atoms with E-state index in [0.29, 0.717) is 0 Å². The zero-order valence-electron chi connectivity index (χ0n) is 16.0. The number of nitrogens with zero attached hydrogens (tertiary/aromatic N) is 2. The van der Waals surface area contributed by atoms with Gasteiger partial charge in [0.2, 0.25) is 0 Å². The minimum absolute atomic E-state index is 0. The van der Waals surface area contributed by atoms with Crippen LogP contribution in [0, 0.1) is 39.8 Å². The first-order valence-corrected chi connectivity index (χ1v) is 7.60. The smallest absolute Gasteiger partial charge is 0.665 e. The number of hydrogen-bond donors (Lipinski definition) is 2. The van der Waals surface area contributed by atoms with Gasteiger partial charge in [0, 0.05) is 0 Å². The fraction of sp³-hybridized carbons (Fsp3) is 0.556. The summed E-state index contributed by atoms with van der Waals surface area (Å²) in [5, 5.41) is 7.47. The topological polar surface area (TPSA) is 59.8 Å². The van der Waals surface area contributed by atoms with Crippen LogP contribution in [0.2, 0.25) is 0 Å². The third kappa shape index (κ3) is 21.4. The van der Waals surface area contributed by atoms with Gasteiger partial charge in [-0.05, 0) is 13.8 Å². The zero-order chi connectivity index (χ0) is 17.4. The van der Waals surface area contributed by atoms with Crippen LogP contribution in [0.15, 0.2) is 12.1 Å². The Labute approximate surface area is 162 Å². The molecule has 0 radical (unpaired) electrons. The van der Waals surface area contributed by atoms with E-state index in [-0.39, 0.29) is 26.2 Å². The van der Waals surface area contributed by atoms with E-state index in [1.165, 1.54) is 11.4 Å². The molecule has 5 heteroatoms. The molecule has 0 aliphatic rings. The van der Waals surface area contributed by atoms with Gasteiger partial charge in [-0.3, -0.25) is 0 Å². The summed E-state index contributed by atoms with van der Waals surface area (Å²) >= 11 is 0. The number of H-pyrrole nitrogens is 2. The summed E-state index contributed by atoms with van der Waals surface area (Å²) in [6.45, 7) is 13.9. The third-order valence-corrected chi connectivity index (χ3v) is 2.41. The Morgan fingerprint density at radius 1 is 0.783 bits per heavy atom. The van der Waals surface area contributed by atoms with Gasteiger partial charge in [-0.25, -0.2) is 24.3 Å². The minimum atomic E-state index is 0. The number of aromatic nitrogens is 2. The van der Waals surface area contributed by atoms with Crippen LogP contribution in [0.5, 0.6) is 0 Å². The van der Waals surface area contributed by atoms with E-state index >= 15 is 0 Å². The molecule has 0 atom stereocenters. The summed E-state index contributed by atoms with van der Waals surface area (Å²) in [7, 11) is 3.61. The second-order valence-corrected chi connectivity index (χ2v) is 4.71.